The standard InChI is InChI=1S/C25H34N4O4S/c1-6-13-29-23-12-10-19(34(30,31)27(2)3)16-21(23)26-25(29)17-28-14-7-8-22(28)20-11-9-18(32-4)15-24(20)33-5/h9-12,15-16,22H,6-8,13-14,17H2,1-5H3. The van der Waals surface area contributed by atoms with Crippen molar-refractivity contribution < 1.29 is 17.9 Å². The van der Waals surface area contributed by atoms with E-state index in [0.29, 0.717) is 12.1 Å². The zero-order valence-electron chi connectivity index (χ0n) is 20.6. The number of hydrogen-bond acceptors (Lipinski definition) is 6. The highest BCUT2D eigenvalue weighted by molar-refractivity contribution is 7.89. The number of aryl methyl sites for hydroxylation is 1. The number of benzene rings is 2. The van der Waals surface area contributed by atoms with E-state index >= 15 is 0 Å². The predicted octanol–water partition coefficient (Wildman–Crippen LogP) is 4.05. The molecule has 4 rings (SSSR count). The highest BCUT2D eigenvalue weighted by atomic mass is 32.2. The fourth-order valence-corrected chi connectivity index (χ4v) is 5.69. The van der Waals surface area contributed by atoms with Gasteiger partial charge in [-0.15, -0.1) is 0 Å². The van der Waals surface area contributed by atoms with Gasteiger partial charge in [-0.05, 0) is 50.1 Å². The fourth-order valence-electron chi connectivity index (χ4n) is 4.77. The van der Waals surface area contributed by atoms with Gasteiger partial charge < -0.3 is 14.0 Å². The lowest BCUT2D eigenvalue weighted by Crippen LogP contribution is -2.25. The number of nitrogens with zero attached hydrogens (tertiary/aromatic N) is 4. The van der Waals surface area contributed by atoms with Crippen molar-refractivity contribution in [1.29, 1.82) is 0 Å². The molecule has 1 unspecified atom stereocenters. The van der Waals surface area contributed by atoms with E-state index in [4.69, 9.17) is 14.5 Å². The van der Waals surface area contributed by atoms with E-state index in [1.165, 1.54) is 4.31 Å². The van der Waals surface area contributed by atoms with Crippen LogP contribution in [0.15, 0.2) is 41.3 Å². The number of imidazole rings is 1. The van der Waals surface area contributed by atoms with E-state index in [9.17, 15) is 8.42 Å². The first-order valence-electron chi connectivity index (χ1n) is 11.7. The Labute approximate surface area is 202 Å². The van der Waals surface area contributed by atoms with Crippen LogP contribution >= 0.6 is 0 Å². The van der Waals surface area contributed by atoms with Crippen LogP contribution < -0.4 is 9.47 Å². The Balaban J connectivity index is 1.70. The maximum Gasteiger partial charge on any atom is 0.242 e. The summed E-state index contributed by atoms with van der Waals surface area (Å²) in [4.78, 5) is 7.62. The Morgan fingerprint density at radius 1 is 1.12 bits per heavy atom. The minimum atomic E-state index is -3.52. The van der Waals surface area contributed by atoms with Gasteiger partial charge in [-0.3, -0.25) is 4.90 Å². The molecule has 1 atom stereocenters. The first-order valence-corrected chi connectivity index (χ1v) is 13.1. The van der Waals surface area contributed by atoms with Gasteiger partial charge in [-0.25, -0.2) is 17.7 Å². The van der Waals surface area contributed by atoms with E-state index in [2.05, 4.69) is 22.5 Å². The van der Waals surface area contributed by atoms with Crippen molar-refractivity contribution in [3.8, 4) is 11.5 Å². The van der Waals surface area contributed by atoms with Gasteiger partial charge in [0.25, 0.3) is 0 Å². The molecule has 3 aromatic rings. The molecule has 8 nitrogen and oxygen atoms in total. The van der Waals surface area contributed by atoms with Crippen LogP contribution in [0.2, 0.25) is 0 Å². The van der Waals surface area contributed by atoms with E-state index in [1.54, 1.807) is 40.4 Å². The zero-order valence-corrected chi connectivity index (χ0v) is 21.4. The fraction of sp³-hybridized carbons (Fsp3) is 0.480. The number of fused-ring (bicyclic) bond motifs is 1. The predicted molar refractivity (Wildman–Crippen MR) is 133 cm³/mol. The number of likely N-dealkylation sites (tertiary alicyclic amines) is 1. The van der Waals surface area contributed by atoms with E-state index < -0.39 is 10.0 Å². The largest absolute Gasteiger partial charge is 0.497 e. The number of aromatic nitrogens is 2. The minimum absolute atomic E-state index is 0.223. The van der Waals surface area contributed by atoms with Crippen LogP contribution in [-0.4, -0.2) is 62.0 Å². The summed E-state index contributed by atoms with van der Waals surface area (Å²) in [6, 6.07) is 11.5. The Morgan fingerprint density at radius 3 is 2.59 bits per heavy atom. The summed E-state index contributed by atoms with van der Waals surface area (Å²) < 4.78 is 39.8. The summed E-state index contributed by atoms with van der Waals surface area (Å²) in [6.45, 7) is 4.62. The molecule has 2 heterocycles. The van der Waals surface area contributed by atoms with Crippen molar-refractivity contribution >= 4 is 21.1 Å². The summed E-state index contributed by atoms with van der Waals surface area (Å²) in [6.07, 6.45) is 3.10. The van der Waals surface area contributed by atoms with Crippen LogP contribution in [0.5, 0.6) is 11.5 Å². The summed E-state index contributed by atoms with van der Waals surface area (Å²) >= 11 is 0. The molecule has 9 heteroatoms. The Bertz CT molecular complexity index is 1270. The molecule has 34 heavy (non-hydrogen) atoms. The van der Waals surface area contributed by atoms with Crippen LogP contribution in [0.3, 0.4) is 0 Å². The molecule has 0 saturated carbocycles. The molecule has 1 saturated heterocycles. The molecular weight excluding hydrogens is 452 g/mol. The van der Waals surface area contributed by atoms with Gasteiger partial charge in [0.2, 0.25) is 10.0 Å². The molecule has 1 aliphatic heterocycles. The third-order valence-electron chi connectivity index (χ3n) is 6.53. The molecule has 0 radical (unpaired) electrons. The molecule has 1 aliphatic rings. The number of rotatable bonds is 9. The van der Waals surface area contributed by atoms with Crippen molar-refractivity contribution in [3.63, 3.8) is 0 Å². The van der Waals surface area contributed by atoms with Crippen LogP contribution in [0.1, 0.15) is 43.6 Å². The SMILES string of the molecule is CCCn1c(CN2CCCC2c2ccc(OC)cc2OC)nc2cc(S(=O)(=O)N(C)C)ccc21. The second-order valence-corrected chi connectivity index (χ2v) is 11.0. The number of sulfonamides is 1. The molecule has 0 spiro atoms. The van der Waals surface area contributed by atoms with Crippen LogP contribution in [0, 0.1) is 0 Å². The summed E-state index contributed by atoms with van der Waals surface area (Å²) in [5, 5.41) is 0. The second-order valence-electron chi connectivity index (χ2n) is 8.85. The Kier molecular flexibility index (Phi) is 7.16. The van der Waals surface area contributed by atoms with Gasteiger partial charge in [-0.1, -0.05) is 13.0 Å². The van der Waals surface area contributed by atoms with Gasteiger partial charge in [0.05, 0.1) is 36.7 Å². The number of methoxy groups -OCH3 is 2. The molecule has 2 aromatic carbocycles. The third-order valence-corrected chi connectivity index (χ3v) is 8.34. The van der Waals surface area contributed by atoms with Crippen LogP contribution in [0.25, 0.3) is 11.0 Å². The lowest BCUT2D eigenvalue weighted by Gasteiger charge is -2.26. The number of ether oxygens (including phenoxy) is 2. The Morgan fingerprint density at radius 2 is 1.91 bits per heavy atom. The summed E-state index contributed by atoms with van der Waals surface area (Å²) in [5.74, 6) is 2.56. The monoisotopic (exact) mass is 486 g/mol. The van der Waals surface area contributed by atoms with Crippen molar-refractivity contribution in [2.45, 2.75) is 50.2 Å². The third kappa shape index (κ3) is 4.52. The van der Waals surface area contributed by atoms with Crippen molar-refractivity contribution in [1.82, 2.24) is 18.8 Å². The van der Waals surface area contributed by atoms with E-state index in [1.807, 2.05) is 18.2 Å². The van der Waals surface area contributed by atoms with Gasteiger partial charge in [0.15, 0.2) is 0 Å². The molecule has 0 amide bonds. The second kappa shape index (κ2) is 9.93. The molecule has 1 fully saturated rings. The smallest absolute Gasteiger partial charge is 0.242 e. The molecular formula is C25H34N4O4S. The average molecular weight is 487 g/mol. The highest BCUT2D eigenvalue weighted by Crippen LogP contribution is 2.39. The van der Waals surface area contributed by atoms with Gasteiger partial charge >= 0.3 is 0 Å². The molecule has 0 N–H and O–H groups in total. The maximum atomic E-state index is 12.6. The normalized spacial score (nSPS) is 17.1. The van der Waals surface area contributed by atoms with Gasteiger partial charge in [-0.2, -0.15) is 0 Å². The lowest BCUT2D eigenvalue weighted by molar-refractivity contribution is 0.234. The van der Waals surface area contributed by atoms with Crippen LogP contribution in [-0.2, 0) is 23.1 Å². The Hall–Kier alpha value is -2.62. The van der Waals surface area contributed by atoms with Crippen molar-refractivity contribution in [2.75, 3.05) is 34.9 Å². The van der Waals surface area contributed by atoms with Gasteiger partial charge in [0, 0.05) is 38.3 Å². The number of hydrogen-bond donors (Lipinski definition) is 0. The average Bonchev–Trinajstić information content (AvgIpc) is 3.43. The molecule has 0 bridgehead atoms. The summed E-state index contributed by atoms with van der Waals surface area (Å²) in [5.41, 5.74) is 2.83. The van der Waals surface area contributed by atoms with Crippen molar-refractivity contribution in [3.05, 3.63) is 47.8 Å². The first kappa shape index (κ1) is 24.5. The molecule has 184 valence electrons. The molecule has 1 aromatic heterocycles. The van der Waals surface area contributed by atoms with Gasteiger partial charge in [0.1, 0.15) is 17.3 Å². The quantitative estimate of drug-likeness (QED) is 0.454. The zero-order chi connectivity index (χ0) is 24.5. The van der Waals surface area contributed by atoms with Crippen molar-refractivity contribution in [2.24, 2.45) is 0 Å². The minimum Gasteiger partial charge on any atom is -0.497 e. The molecule has 0 aliphatic carbocycles. The van der Waals surface area contributed by atoms with Crippen LogP contribution in [0.4, 0.5) is 0 Å². The summed E-state index contributed by atoms with van der Waals surface area (Å²) in [7, 11) is 2.92. The van der Waals surface area contributed by atoms with E-state index in [0.717, 1.165) is 60.8 Å². The van der Waals surface area contributed by atoms with E-state index in [-0.39, 0.29) is 10.9 Å². The lowest BCUT2D eigenvalue weighted by atomic mass is 10.0. The topological polar surface area (TPSA) is 76.9 Å². The first-order chi connectivity index (χ1) is 16.3. The maximum absolute atomic E-state index is 12.6. The highest BCUT2D eigenvalue weighted by Gasteiger charge is 2.30.